The number of hydrogen-bond donors (Lipinski definition) is 2. The Morgan fingerprint density at radius 3 is 2.59 bits per heavy atom. The van der Waals surface area contributed by atoms with Gasteiger partial charge in [0.05, 0.1) is 12.7 Å². The molecule has 0 amide bonds. The standard InChI is InChI=1S/C23H39N5O/c1-19(2)16-28-13-14-29-22(18-28)15-25-23(24-3)26-21-9-11-27(12-10-21)17-20-7-5-4-6-8-20/h4-8,19,21-22H,9-18H2,1-3H3,(H2,24,25,26). The first-order chi connectivity index (χ1) is 14.1. The second kappa shape index (κ2) is 11.5. The normalized spacial score (nSPS) is 22.8. The van der Waals surface area contributed by atoms with Crippen LogP contribution in [-0.2, 0) is 11.3 Å². The highest BCUT2D eigenvalue weighted by Crippen LogP contribution is 2.14. The molecule has 2 aliphatic rings. The van der Waals surface area contributed by atoms with Crippen molar-refractivity contribution in [1.82, 2.24) is 20.4 Å². The third-order valence-electron chi connectivity index (χ3n) is 5.74. The van der Waals surface area contributed by atoms with Crippen LogP contribution in [0.15, 0.2) is 35.3 Å². The fourth-order valence-electron chi connectivity index (χ4n) is 4.26. The topological polar surface area (TPSA) is 52.1 Å². The van der Waals surface area contributed by atoms with Crippen LogP contribution in [0.5, 0.6) is 0 Å². The van der Waals surface area contributed by atoms with E-state index in [0.717, 1.165) is 71.2 Å². The van der Waals surface area contributed by atoms with Gasteiger partial charge in [-0.2, -0.15) is 0 Å². The minimum atomic E-state index is 0.230. The molecule has 2 aliphatic heterocycles. The van der Waals surface area contributed by atoms with Crippen molar-refractivity contribution in [3.63, 3.8) is 0 Å². The Morgan fingerprint density at radius 2 is 1.90 bits per heavy atom. The molecule has 0 aliphatic carbocycles. The van der Waals surface area contributed by atoms with Crippen molar-refractivity contribution in [1.29, 1.82) is 0 Å². The zero-order valence-electron chi connectivity index (χ0n) is 18.4. The van der Waals surface area contributed by atoms with Crippen LogP contribution >= 0.6 is 0 Å². The maximum atomic E-state index is 5.95. The molecule has 3 rings (SSSR count). The molecular weight excluding hydrogens is 362 g/mol. The molecule has 2 heterocycles. The molecule has 6 nitrogen and oxygen atoms in total. The number of benzene rings is 1. The van der Waals surface area contributed by atoms with Gasteiger partial charge in [0.1, 0.15) is 0 Å². The van der Waals surface area contributed by atoms with Crippen molar-refractivity contribution >= 4 is 5.96 Å². The fourth-order valence-corrected chi connectivity index (χ4v) is 4.26. The number of ether oxygens (including phenoxy) is 1. The lowest BCUT2D eigenvalue weighted by Gasteiger charge is -2.35. The van der Waals surface area contributed by atoms with E-state index in [1.807, 2.05) is 7.05 Å². The van der Waals surface area contributed by atoms with Gasteiger partial charge in [-0.3, -0.25) is 14.8 Å². The van der Waals surface area contributed by atoms with E-state index in [-0.39, 0.29) is 6.10 Å². The average molecular weight is 402 g/mol. The molecule has 1 atom stereocenters. The van der Waals surface area contributed by atoms with Crippen LogP contribution in [0.3, 0.4) is 0 Å². The molecule has 2 saturated heterocycles. The first-order valence-electron chi connectivity index (χ1n) is 11.2. The highest BCUT2D eigenvalue weighted by Gasteiger charge is 2.23. The molecule has 2 fully saturated rings. The molecule has 2 N–H and O–H groups in total. The summed E-state index contributed by atoms with van der Waals surface area (Å²) in [5.74, 6) is 1.60. The SMILES string of the molecule is CN=C(NCC1CN(CC(C)C)CCO1)NC1CCN(Cc2ccccc2)CC1. The molecule has 29 heavy (non-hydrogen) atoms. The maximum Gasteiger partial charge on any atom is 0.191 e. The number of nitrogens with zero attached hydrogens (tertiary/aromatic N) is 3. The van der Waals surface area contributed by atoms with Crippen molar-refractivity contribution in [2.75, 3.05) is 52.9 Å². The van der Waals surface area contributed by atoms with Gasteiger partial charge in [-0.15, -0.1) is 0 Å². The summed E-state index contributed by atoms with van der Waals surface area (Å²) in [4.78, 5) is 9.49. The molecule has 1 unspecified atom stereocenters. The summed E-state index contributed by atoms with van der Waals surface area (Å²) >= 11 is 0. The number of morpholine rings is 1. The third-order valence-corrected chi connectivity index (χ3v) is 5.74. The van der Waals surface area contributed by atoms with Crippen molar-refractivity contribution in [2.45, 2.75) is 45.4 Å². The second-order valence-electron chi connectivity index (χ2n) is 8.78. The molecule has 6 heteroatoms. The Morgan fingerprint density at radius 1 is 1.14 bits per heavy atom. The molecule has 0 saturated carbocycles. The smallest absolute Gasteiger partial charge is 0.191 e. The average Bonchev–Trinajstić information content (AvgIpc) is 2.73. The molecule has 1 aromatic carbocycles. The van der Waals surface area contributed by atoms with E-state index in [1.165, 1.54) is 5.56 Å². The Hall–Kier alpha value is -1.63. The van der Waals surface area contributed by atoms with Gasteiger partial charge in [-0.25, -0.2) is 0 Å². The monoisotopic (exact) mass is 401 g/mol. The fraction of sp³-hybridized carbons (Fsp3) is 0.696. The number of aliphatic imine (C=N–C) groups is 1. The van der Waals surface area contributed by atoms with E-state index in [2.05, 4.69) is 69.6 Å². The van der Waals surface area contributed by atoms with Crippen LogP contribution in [-0.4, -0.2) is 80.8 Å². The highest BCUT2D eigenvalue weighted by molar-refractivity contribution is 5.80. The number of guanidine groups is 1. The van der Waals surface area contributed by atoms with Gasteiger partial charge in [0.15, 0.2) is 5.96 Å². The van der Waals surface area contributed by atoms with E-state index in [1.54, 1.807) is 0 Å². The summed E-state index contributed by atoms with van der Waals surface area (Å²) in [5.41, 5.74) is 1.40. The highest BCUT2D eigenvalue weighted by atomic mass is 16.5. The Balaban J connectivity index is 1.36. The van der Waals surface area contributed by atoms with E-state index in [4.69, 9.17) is 4.74 Å². The molecule has 0 radical (unpaired) electrons. The number of nitrogens with one attached hydrogen (secondary N) is 2. The lowest BCUT2D eigenvalue weighted by molar-refractivity contribution is -0.0284. The van der Waals surface area contributed by atoms with Crippen LogP contribution in [0.1, 0.15) is 32.3 Å². The number of likely N-dealkylation sites (tertiary alicyclic amines) is 1. The lowest BCUT2D eigenvalue weighted by Crippen LogP contribution is -2.52. The van der Waals surface area contributed by atoms with Crippen molar-refractivity contribution in [2.24, 2.45) is 10.9 Å². The third kappa shape index (κ3) is 7.61. The van der Waals surface area contributed by atoms with E-state index in [0.29, 0.717) is 12.0 Å². The summed E-state index contributed by atoms with van der Waals surface area (Å²) in [6.07, 6.45) is 2.53. The predicted molar refractivity (Wildman–Crippen MR) is 120 cm³/mol. The van der Waals surface area contributed by atoms with Gasteiger partial charge in [-0.05, 0) is 24.3 Å². The van der Waals surface area contributed by atoms with Crippen molar-refractivity contribution in [3.8, 4) is 0 Å². The Labute approximate surface area is 176 Å². The van der Waals surface area contributed by atoms with Gasteiger partial charge in [0.25, 0.3) is 0 Å². The predicted octanol–water partition coefficient (Wildman–Crippen LogP) is 2.17. The van der Waals surface area contributed by atoms with Crippen LogP contribution in [0, 0.1) is 5.92 Å². The Bertz CT molecular complexity index is 613. The van der Waals surface area contributed by atoms with E-state index >= 15 is 0 Å². The quantitative estimate of drug-likeness (QED) is 0.542. The molecule has 0 aromatic heterocycles. The number of hydrogen-bond acceptors (Lipinski definition) is 4. The molecule has 0 spiro atoms. The number of piperidine rings is 1. The summed E-state index contributed by atoms with van der Waals surface area (Å²) in [7, 11) is 1.85. The van der Waals surface area contributed by atoms with Gasteiger partial charge < -0.3 is 15.4 Å². The first-order valence-corrected chi connectivity index (χ1v) is 11.2. The Kier molecular flexibility index (Phi) is 8.77. The first kappa shape index (κ1) is 22.1. The lowest BCUT2D eigenvalue weighted by atomic mass is 10.0. The van der Waals surface area contributed by atoms with E-state index < -0.39 is 0 Å². The van der Waals surface area contributed by atoms with Gasteiger partial charge in [-0.1, -0.05) is 44.2 Å². The minimum absolute atomic E-state index is 0.230. The zero-order valence-corrected chi connectivity index (χ0v) is 18.4. The number of rotatable bonds is 7. The minimum Gasteiger partial charge on any atom is -0.374 e. The molecule has 0 bridgehead atoms. The summed E-state index contributed by atoms with van der Waals surface area (Å²) < 4.78 is 5.95. The van der Waals surface area contributed by atoms with Crippen molar-refractivity contribution < 1.29 is 4.74 Å². The van der Waals surface area contributed by atoms with Crippen LogP contribution in [0.4, 0.5) is 0 Å². The van der Waals surface area contributed by atoms with Crippen LogP contribution in [0.25, 0.3) is 0 Å². The van der Waals surface area contributed by atoms with Crippen LogP contribution in [0.2, 0.25) is 0 Å². The maximum absolute atomic E-state index is 5.95. The molecule has 1 aromatic rings. The summed E-state index contributed by atoms with van der Waals surface area (Å²) in [6, 6.07) is 11.2. The van der Waals surface area contributed by atoms with Crippen LogP contribution < -0.4 is 10.6 Å². The molecule has 162 valence electrons. The van der Waals surface area contributed by atoms with Gasteiger partial charge >= 0.3 is 0 Å². The zero-order chi connectivity index (χ0) is 20.5. The largest absolute Gasteiger partial charge is 0.374 e. The second-order valence-corrected chi connectivity index (χ2v) is 8.78. The van der Waals surface area contributed by atoms with Crippen molar-refractivity contribution in [3.05, 3.63) is 35.9 Å². The summed E-state index contributed by atoms with van der Waals surface area (Å²) in [5, 5.41) is 7.10. The van der Waals surface area contributed by atoms with Gasteiger partial charge in [0, 0.05) is 58.9 Å². The van der Waals surface area contributed by atoms with E-state index in [9.17, 15) is 0 Å². The van der Waals surface area contributed by atoms with Gasteiger partial charge in [0.2, 0.25) is 0 Å². The summed E-state index contributed by atoms with van der Waals surface area (Å²) in [6.45, 7) is 12.7. The molecular formula is C23H39N5O.